The second kappa shape index (κ2) is 5.83. The van der Waals surface area contributed by atoms with E-state index in [1.807, 2.05) is 24.3 Å². The first-order valence-corrected chi connectivity index (χ1v) is 7.47. The highest BCUT2D eigenvalue weighted by molar-refractivity contribution is 5.85. The van der Waals surface area contributed by atoms with Crippen LogP contribution in [0.15, 0.2) is 24.3 Å². The molecule has 1 aromatic carbocycles. The van der Waals surface area contributed by atoms with E-state index in [9.17, 15) is 4.79 Å². The van der Waals surface area contributed by atoms with Gasteiger partial charge in [-0.1, -0.05) is 18.2 Å². The SMILES string of the molecule is CC1CCC(CNC(=O)C2COc3ccccc32)CN1. The first-order valence-electron chi connectivity index (χ1n) is 7.47. The minimum Gasteiger partial charge on any atom is -0.492 e. The maximum Gasteiger partial charge on any atom is 0.231 e. The molecule has 1 aromatic rings. The molecule has 0 aliphatic carbocycles. The smallest absolute Gasteiger partial charge is 0.231 e. The molecule has 2 N–H and O–H groups in total. The van der Waals surface area contributed by atoms with Crippen molar-refractivity contribution in [1.29, 1.82) is 0 Å². The molecule has 1 amide bonds. The van der Waals surface area contributed by atoms with E-state index in [1.54, 1.807) is 0 Å². The van der Waals surface area contributed by atoms with Gasteiger partial charge in [-0.15, -0.1) is 0 Å². The summed E-state index contributed by atoms with van der Waals surface area (Å²) < 4.78 is 5.56. The van der Waals surface area contributed by atoms with E-state index in [0.29, 0.717) is 18.6 Å². The molecule has 108 valence electrons. The Morgan fingerprint density at radius 3 is 3.05 bits per heavy atom. The van der Waals surface area contributed by atoms with Crippen LogP contribution in [-0.4, -0.2) is 31.6 Å². The molecule has 0 saturated carbocycles. The van der Waals surface area contributed by atoms with Gasteiger partial charge in [-0.2, -0.15) is 0 Å². The van der Waals surface area contributed by atoms with Crippen LogP contribution >= 0.6 is 0 Å². The summed E-state index contributed by atoms with van der Waals surface area (Å²) >= 11 is 0. The lowest BCUT2D eigenvalue weighted by molar-refractivity contribution is -0.122. The van der Waals surface area contributed by atoms with Crippen molar-refractivity contribution in [2.45, 2.75) is 31.7 Å². The van der Waals surface area contributed by atoms with E-state index in [0.717, 1.165) is 24.4 Å². The molecule has 3 unspecified atom stereocenters. The van der Waals surface area contributed by atoms with Crippen LogP contribution in [0.3, 0.4) is 0 Å². The van der Waals surface area contributed by atoms with E-state index >= 15 is 0 Å². The first-order chi connectivity index (χ1) is 9.74. The van der Waals surface area contributed by atoms with Gasteiger partial charge in [-0.05, 0) is 38.3 Å². The maximum absolute atomic E-state index is 12.3. The highest BCUT2D eigenvalue weighted by atomic mass is 16.5. The number of carbonyl (C=O) groups is 1. The zero-order valence-electron chi connectivity index (χ0n) is 11.9. The number of hydrogen-bond donors (Lipinski definition) is 2. The third kappa shape index (κ3) is 2.80. The van der Waals surface area contributed by atoms with Crippen LogP contribution in [0, 0.1) is 5.92 Å². The largest absolute Gasteiger partial charge is 0.492 e. The molecule has 2 aliphatic heterocycles. The van der Waals surface area contributed by atoms with Crippen LogP contribution < -0.4 is 15.4 Å². The molecule has 0 bridgehead atoms. The zero-order valence-corrected chi connectivity index (χ0v) is 11.9. The van der Waals surface area contributed by atoms with Gasteiger partial charge >= 0.3 is 0 Å². The van der Waals surface area contributed by atoms with E-state index in [1.165, 1.54) is 12.8 Å². The van der Waals surface area contributed by atoms with Crippen LogP contribution in [0.25, 0.3) is 0 Å². The van der Waals surface area contributed by atoms with E-state index in [2.05, 4.69) is 17.6 Å². The van der Waals surface area contributed by atoms with Crippen molar-refractivity contribution >= 4 is 5.91 Å². The van der Waals surface area contributed by atoms with Gasteiger partial charge in [0.1, 0.15) is 18.3 Å². The lowest BCUT2D eigenvalue weighted by atomic mass is 9.95. The summed E-state index contributed by atoms with van der Waals surface area (Å²) in [7, 11) is 0. The molecular weight excluding hydrogens is 252 g/mol. The minimum absolute atomic E-state index is 0.0913. The molecule has 4 heteroatoms. The van der Waals surface area contributed by atoms with Gasteiger partial charge < -0.3 is 15.4 Å². The van der Waals surface area contributed by atoms with Gasteiger partial charge in [0.2, 0.25) is 5.91 Å². The molecule has 3 atom stereocenters. The molecule has 4 nitrogen and oxygen atoms in total. The number of nitrogens with one attached hydrogen (secondary N) is 2. The molecule has 0 radical (unpaired) electrons. The number of piperidine rings is 1. The number of amides is 1. The number of carbonyl (C=O) groups excluding carboxylic acids is 1. The lowest BCUT2D eigenvalue weighted by Gasteiger charge is -2.28. The van der Waals surface area contributed by atoms with E-state index < -0.39 is 0 Å². The first kappa shape index (κ1) is 13.4. The van der Waals surface area contributed by atoms with Crippen molar-refractivity contribution in [3.8, 4) is 5.75 Å². The predicted octanol–water partition coefficient (Wildman–Crippen LogP) is 1.67. The molecule has 1 saturated heterocycles. The van der Waals surface area contributed by atoms with Crippen molar-refractivity contribution in [2.75, 3.05) is 19.7 Å². The van der Waals surface area contributed by atoms with Gasteiger partial charge in [0, 0.05) is 18.2 Å². The van der Waals surface area contributed by atoms with Gasteiger partial charge in [0.05, 0.1) is 0 Å². The van der Waals surface area contributed by atoms with E-state index in [-0.39, 0.29) is 11.8 Å². The van der Waals surface area contributed by atoms with Crippen molar-refractivity contribution in [3.63, 3.8) is 0 Å². The summed E-state index contributed by atoms with van der Waals surface area (Å²) in [5, 5.41) is 6.56. The number of rotatable bonds is 3. The van der Waals surface area contributed by atoms with Crippen molar-refractivity contribution in [1.82, 2.24) is 10.6 Å². The fraction of sp³-hybridized carbons (Fsp3) is 0.562. The standard InChI is InChI=1S/C16H22N2O2/c1-11-6-7-12(8-17-11)9-18-16(19)14-10-20-15-5-3-2-4-13(14)15/h2-5,11-12,14,17H,6-10H2,1H3,(H,18,19). The molecule has 0 spiro atoms. The Hall–Kier alpha value is -1.55. The van der Waals surface area contributed by atoms with Gasteiger partial charge in [0.15, 0.2) is 0 Å². The highest BCUT2D eigenvalue weighted by Gasteiger charge is 2.30. The molecule has 3 rings (SSSR count). The monoisotopic (exact) mass is 274 g/mol. The summed E-state index contributed by atoms with van der Waals surface area (Å²) in [5.74, 6) is 1.34. The Bertz CT molecular complexity index is 481. The van der Waals surface area contributed by atoms with Crippen LogP contribution in [0.1, 0.15) is 31.2 Å². The fourth-order valence-electron chi connectivity index (χ4n) is 2.98. The van der Waals surface area contributed by atoms with Gasteiger partial charge in [-0.25, -0.2) is 0 Å². The Balaban J connectivity index is 1.53. The number of hydrogen-bond acceptors (Lipinski definition) is 3. The third-order valence-corrected chi connectivity index (χ3v) is 4.34. The number of ether oxygens (including phenoxy) is 1. The summed E-state index contributed by atoms with van der Waals surface area (Å²) in [6.07, 6.45) is 2.38. The topological polar surface area (TPSA) is 50.4 Å². The van der Waals surface area contributed by atoms with Crippen molar-refractivity contribution in [3.05, 3.63) is 29.8 Å². The average Bonchev–Trinajstić information content (AvgIpc) is 2.90. The number of fused-ring (bicyclic) bond motifs is 1. The Morgan fingerprint density at radius 1 is 1.40 bits per heavy atom. The fourth-order valence-corrected chi connectivity index (χ4v) is 2.98. The highest BCUT2D eigenvalue weighted by Crippen LogP contribution is 2.33. The quantitative estimate of drug-likeness (QED) is 0.881. The Kier molecular flexibility index (Phi) is 3.92. The maximum atomic E-state index is 12.3. The molecule has 1 fully saturated rings. The van der Waals surface area contributed by atoms with Crippen LogP contribution in [0.2, 0.25) is 0 Å². The zero-order chi connectivity index (χ0) is 13.9. The minimum atomic E-state index is -0.151. The second-order valence-electron chi connectivity index (χ2n) is 5.90. The van der Waals surface area contributed by atoms with Crippen molar-refractivity contribution < 1.29 is 9.53 Å². The Labute approximate surface area is 119 Å². The van der Waals surface area contributed by atoms with Crippen LogP contribution in [0.4, 0.5) is 0 Å². The summed E-state index contributed by atoms with van der Waals surface area (Å²) in [6.45, 7) is 4.43. The normalized spacial score (nSPS) is 28.6. The number of benzene rings is 1. The molecule has 20 heavy (non-hydrogen) atoms. The molecular formula is C16H22N2O2. The van der Waals surface area contributed by atoms with Gasteiger partial charge in [0.25, 0.3) is 0 Å². The number of para-hydroxylation sites is 1. The van der Waals surface area contributed by atoms with Crippen LogP contribution in [-0.2, 0) is 4.79 Å². The molecule has 0 aromatic heterocycles. The lowest BCUT2D eigenvalue weighted by Crippen LogP contribution is -2.43. The predicted molar refractivity (Wildman–Crippen MR) is 77.9 cm³/mol. The summed E-state index contributed by atoms with van der Waals surface area (Å²) in [5.41, 5.74) is 1.01. The van der Waals surface area contributed by atoms with Crippen LogP contribution in [0.5, 0.6) is 5.75 Å². The summed E-state index contributed by atoms with van der Waals surface area (Å²) in [6, 6.07) is 8.41. The molecule has 2 aliphatic rings. The second-order valence-corrected chi connectivity index (χ2v) is 5.90. The van der Waals surface area contributed by atoms with E-state index in [4.69, 9.17) is 4.74 Å². The summed E-state index contributed by atoms with van der Waals surface area (Å²) in [4.78, 5) is 12.3. The molecule has 2 heterocycles. The third-order valence-electron chi connectivity index (χ3n) is 4.34. The van der Waals surface area contributed by atoms with Gasteiger partial charge in [-0.3, -0.25) is 4.79 Å². The Morgan fingerprint density at radius 2 is 2.25 bits per heavy atom. The average molecular weight is 274 g/mol. The van der Waals surface area contributed by atoms with Crippen molar-refractivity contribution in [2.24, 2.45) is 5.92 Å².